The molecular weight excluding hydrogens is 727 g/mol. The largest absolute Gasteiger partial charge is 0.507 e. The van der Waals surface area contributed by atoms with Crippen molar-refractivity contribution >= 4 is 34.8 Å². The predicted octanol–water partition coefficient (Wildman–Crippen LogP) is 8.31. The van der Waals surface area contributed by atoms with Gasteiger partial charge in [-0.2, -0.15) is 0 Å². The molecule has 2 aliphatic rings. The van der Waals surface area contributed by atoms with Crippen LogP contribution in [-0.2, 0) is 20.7 Å². The molecule has 1 aromatic heterocycles. The molecule has 2 atom stereocenters. The van der Waals surface area contributed by atoms with E-state index in [0.717, 1.165) is 49.0 Å². The fourth-order valence-electron chi connectivity index (χ4n) is 8.41. The lowest BCUT2D eigenvalue weighted by atomic mass is 9.71. The number of amides is 1. The molecule has 1 amide bonds. The molecule has 12 nitrogen and oxygen atoms in total. The minimum Gasteiger partial charge on any atom is -0.507 e. The third-order valence-corrected chi connectivity index (χ3v) is 11.4. The van der Waals surface area contributed by atoms with Crippen LogP contribution in [0.2, 0.25) is 0 Å². The molecule has 57 heavy (non-hydrogen) atoms. The number of nitrogens with one attached hydrogen (secondary N) is 2. The number of hydrogen-bond acceptors (Lipinski definition) is 10. The van der Waals surface area contributed by atoms with Crippen LogP contribution in [0.25, 0.3) is 17.1 Å². The van der Waals surface area contributed by atoms with E-state index in [2.05, 4.69) is 10.3 Å². The summed E-state index contributed by atoms with van der Waals surface area (Å²) in [7, 11) is 4.45. The number of imidazole rings is 1. The summed E-state index contributed by atoms with van der Waals surface area (Å²) in [6, 6.07) is 12.7. The van der Waals surface area contributed by atoms with Gasteiger partial charge in [-0.3, -0.25) is 9.59 Å². The number of fused-ring (bicyclic) bond motifs is 2. The van der Waals surface area contributed by atoms with Gasteiger partial charge in [-0.1, -0.05) is 43.5 Å². The number of methoxy groups -OCH3 is 3. The van der Waals surface area contributed by atoms with Gasteiger partial charge in [0, 0.05) is 43.7 Å². The molecule has 1 saturated carbocycles. The van der Waals surface area contributed by atoms with Crippen LogP contribution in [0.1, 0.15) is 123 Å². The van der Waals surface area contributed by atoms with Crippen LogP contribution in [0.4, 0.5) is 0 Å². The molecule has 1 aliphatic heterocycles. The molecule has 4 N–H and O–H groups in total. The molecule has 0 spiro atoms. The number of para-hydroxylation sites is 2. The maximum absolute atomic E-state index is 14.3. The number of ketones is 1. The number of phenols is 2. The zero-order valence-corrected chi connectivity index (χ0v) is 33.4. The van der Waals surface area contributed by atoms with Crippen molar-refractivity contribution in [2.24, 2.45) is 5.41 Å². The first-order valence-corrected chi connectivity index (χ1v) is 20.0. The zero-order valence-electron chi connectivity index (χ0n) is 33.4. The van der Waals surface area contributed by atoms with E-state index in [1.165, 1.54) is 27.4 Å². The lowest BCUT2D eigenvalue weighted by Crippen LogP contribution is -2.41. The second kappa shape index (κ2) is 18.6. The number of carbonyl (C=O) groups is 3. The fourth-order valence-corrected chi connectivity index (χ4v) is 8.41. The van der Waals surface area contributed by atoms with E-state index < -0.39 is 23.7 Å². The third-order valence-electron chi connectivity index (χ3n) is 11.4. The van der Waals surface area contributed by atoms with Gasteiger partial charge in [0.15, 0.2) is 11.5 Å². The maximum atomic E-state index is 14.3. The molecule has 0 bridgehead atoms. The van der Waals surface area contributed by atoms with Crippen LogP contribution < -0.4 is 19.5 Å². The van der Waals surface area contributed by atoms with Crippen LogP contribution >= 0.6 is 0 Å². The number of hydrogen-bond donors (Lipinski definition) is 4. The van der Waals surface area contributed by atoms with E-state index in [1.807, 2.05) is 30.3 Å². The number of carbonyl (C=O) groups excluding carboxylic acids is 3. The molecule has 3 aromatic carbocycles. The van der Waals surface area contributed by atoms with Gasteiger partial charge in [0.05, 0.1) is 38.5 Å². The number of aromatic amines is 1. The molecule has 12 heteroatoms. The minimum atomic E-state index is -0.977. The zero-order chi connectivity index (χ0) is 40.5. The van der Waals surface area contributed by atoms with Crippen molar-refractivity contribution in [2.75, 3.05) is 27.9 Å². The van der Waals surface area contributed by atoms with Gasteiger partial charge < -0.3 is 39.5 Å². The highest BCUT2D eigenvalue weighted by atomic mass is 16.5. The Bertz CT molecular complexity index is 2040. The average molecular weight is 782 g/mol. The van der Waals surface area contributed by atoms with Crippen LogP contribution in [0.3, 0.4) is 0 Å². The Balaban J connectivity index is 1.38. The standard InChI is InChI=1S/C45H55N3O9/c1-28-14-13-17-31(49)16-8-5-7-15-29-22-35(50)41(42(52)40(29)44(53)57-28)32(30-23-36(54-2)43(56-4)37(24-30)55-3)25-39(51)46-27-45(20-11-6-12-21-45)26-38-47-33-18-9-10-19-34(33)48-38/h7,9-10,15,18-19,22-24,28,32,50,52H,5-6,8,11-14,16-17,20-21,25-27H2,1-4H3,(H,46,51)(H,47,48). The van der Waals surface area contributed by atoms with Crippen molar-refractivity contribution in [1.29, 1.82) is 0 Å². The van der Waals surface area contributed by atoms with E-state index in [4.69, 9.17) is 23.9 Å². The normalized spacial score (nSPS) is 18.2. The van der Waals surface area contributed by atoms with Crippen molar-refractivity contribution in [2.45, 2.75) is 102 Å². The van der Waals surface area contributed by atoms with E-state index in [9.17, 15) is 24.6 Å². The summed E-state index contributed by atoms with van der Waals surface area (Å²) in [5, 5.41) is 27.1. The van der Waals surface area contributed by atoms with Crippen molar-refractivity contribution in [3.05, 3.63) is 76.6 Å². The molecular formula is C45H55N3O9. The number of ether oxygens (including phenoxy) is 4. The Morgan fingerprint density at radius 1 is 0.982 bits per heavy atom. The SMILES string of the molecule is COc1cc(C(CC(=O)NCC2(Cc3nc4ccccc4[nH]3)CCCCC2)c2c(O)cc3c(c2O)C(=O)OC(C)CCCC(=O)CCCC=C3)cc(OC)c1OC. The van der Waals surface area contributed by atoms with Crippen molar-refractivity contribution in [1.82, 2.24) is 15.3 Å². The summed E-state index contributed by atoms with van der Waals surface area (Å²) in [4.78, 5) is 48.8. The smallest absolute Gasteiger partial charge is 0.342 e. The summed E-state index contributed by atoms with van der Waals surface area (Å²) >= 11 is 0. The number of phenolic OH excluding ortho intramolecular Hbond substituents is 2. The highest BCUT2D eigenvalue weighted by molar-refractivity contribution is 5.98. The fraction of sp³-hybridized carbons (Fsp3) is 0.467. The molecule has 304 valence electrons. The lowest BCUT2D eigenvalue weighted by Gasteiger charge is -2.37. The topological polar surface area (TPSA) is 169 Å². The number of allylic oxidation sites excluding steroid dienone is 1. The Morgan fingerprint density at radius 2 is 1.70 bits per heavy atom. The summed E-state index contributed by atoms with van der Waals surface area (Å²) in [6.45, 7) is 2.16. The number of aromatic hydroxyl groups is 2. The van der Waals surface area contributed by atoms with E-state index >= 15 is 0 Å². The first-order valence-electron chi connectivity index (χ1n) is 20.0. The minimum absolute atomic E-state index is 0.0162. The second-order valence-corrected chi connectivity index (χ2v) is 15.5. The Labute approximate surface area is 334 Å². The van der Waals surface area contributed by atoms with E-state index in [0.29, 0.717) is 74.3 Å². The molecule has 1 aliphatic carbocycles. The monoisotopic (exact) mass is 781 g/mol. The van der Waals surface area contributed by atoms with E-state index in [1.54, 1.807) is 25.1 Å². The summed E-state index contributed by atoms with van der Waals surface area (Å²) in [5.41, 5.74) is 2.25. The molecule has 4 aromatic rings. The highest BCUT2D eigenvalue weighted by Gasteiger charge is 2.36. The van der Waals surface area contributed by atoms with Gasteiger partial charge in [0.25, 0.3) is 0 Å². The third kappa shape index (κ3) is 9.72. The molecule has 0 saturated heterocycles. The number of rotatable bonds is 11. The van der Waals surface area contributed by atoms with Crippen LogP contribution in [-0.4, -0.2) is 71.8 Å². The molecule has 0 radical (unpaired) electrons. The van der Waals surface area contributed by atoms with Gasteiger partial charge in [0.1, 0.15) is 28.7 Å². The van der Waals surface area contributed by atoms with Crippen LogP contribution in [0.15, 0.2) is 48.5 Å². The van der Waals surface area contributed by atoms with Crippen LogP contribution in [0, 0.1) is 5.41 Å². The summed E-state index contributed by atoms with van der Waals surface area (Å²) in [5.74, 6) is -0.856. The quantitative estimate of drug-likeness (QED) is 0.109. The number of aromatic nitrogens is 2. The Morgan fingerprint density at radius 3 is 2.40 bits per heavy atom. The number of esters is 1. The van der Waals surface area contributed by atoms with Crippen molar-refractivity contribution in [3.8, 4) is 28.7 Å². The second-order valence-electron chi connectivity index (χ2n) is 15.5. The van der Waals surface area contributed by atoms with Gasteiger partial charge in [0.2, 0.25) is 11.7 Å². The van der Waals surface area contributed by atoms with Gasteiger partial charge in [-0.05, 0) is 92.3 Å². The van der Waals surface area contributed by atoms with E-state index in [-0.39, 0.29) is 46.0 Å². The van der Waals surface area contributed by atoms with Crippen LogP contribution in [0.5, 0.6) is 28.7 Å². The number of H-pyrrole nitrogens is 1. The first kappa shape index (κ1) is 41.1. The first-order chi connectivity index (χ1) is 27.5. The molecule has 2 heterocycles. The number of Topliss-reactive ketones (excluding diaryl/α,β-unsaturated/α-hetero) is 1. The van der Waals surface area contributed by atoms with Gasteiger partial charge in [-0.15, -0.1) is 0 Å². The average Bonchev–Trinajstić information content (AvgIpc) is 3.60. The molecule has 1 fully saturated rings. The summed E-state index contributed by atoms with van der Waals surface area (Å²) in [6.07, 6.45) is 11.6. The number of cyclic esters (lactones) is 1. The van der Waals surface area contributed by atoms with Gasteiger partial charge in [-0.25, -0.2) is 9.78 Å². The highest BCUT2D eigenvalue weighted by Crippen LogP contribution is 2.48. The van der Waals surface area contributed by atoms with Crippen molar-refractivity contribution < 1.29 is 43.5 Å². The van der Waals surface area contributed by atoms with Gasteiger partial charge >= 0.3 is 5.97 Å². The molecule has 6 rings (SSSR count). The summed E-state index contributed by atoms with van der Waals surface area (Å²) < 4.78 is 22.7. The van der Waals surface area contributed by atoms with Crippen molar-refractivity contribution in [3.63, 3.8) is 0 Å². The Hall–Kier alpha value is -5.52. The number of nitrogens with zero attached hydrogens (tertiary/aromatic N) is 1. The Kier molecular flexibility index (Phi) is 13.4. The predicted molar refractivity (Wildman–Crippen MR) is 217 cm³/mol. The maximum Gasteiger partial charge on any atom is 0.342 e. The number of benzene rings is 3. The lowest BCUT2D eigenvalue weighted by molar-refractivity contribution is -0.122. The molecule has 2 unspecified atom stereocenters.